The Kier molecular flexibility index (Phi) is 3.85. The normalized spacial score (nSPS) is 10.8. The number of amides is 1. The summed E-state index contributed by atoms with van der Waals surface area (Å²) >= 11 is 0. The number of carboxylic acid groups (broad SMARTS) is 1. The second kappa shape index (κ2) is 6.34. The van der Waals surface area contributed by atoms with Gasteiger partial charge in [0.05, 0.1) is 10.4 Å². The molecule has 0 bridgehead atoms. The first kappa shape index (κ1) is 16.4. The number of benzene rings is 3. The molecule has 0 spiro atoms. The van der Waals surface area contributed by atoms with Crippen molar-refractivity contribution in [3.8, 4) is 11.5 Å². The number of ether oxygens (including phenoxy) is 1. The van der Waals surface area contributed by atoms with E-state index in [-0.39, 0.29) is 5.69 Å². The van der Waals surface area contributed by atoms with Crippen molar-refractivity contribution in [2.75, 3.05) is 5.32 Å². The summed E-state index contributed by atoms with van der Waals surface area (Å²) in [5, 5.41) is 23.8. The Balaban J connectivity index is 1.65. The van der Waals surface area contributed by atoms with Gasteiger partial charge in [-0.15, -0.1) is 0 Å². The molecule has 1 heterocycles. The summed E-state index contributed by atoms with van der Waals surface area (Å²) in [6.45, 7) is 0. The fourth-order valence-electron chi connectivity index (χ4n) is 2.93. The van der Waals surface area contributed by atoms with Crippen molar-refractivity contribution in [3.05, 3.63) is 70.8 Å². The van der Waals surface area contributed by atoms with E-state index in [2.05, 4.69) is 10.3 Å². The molecular weight excluding hydrogens is 350 g/mol. The summed E-state index contributed by atoms with van der Waals surface area (Å²) in [5.41, 5.74) is 2.10. The van der Waals surface area contributed by atoms with Gasteiger partial charge in [0.1, 0.15) is 11.5 Å². The van der Waals surface area contributed by atoms with Crippen LogP contribution < -0.4 is 10.1 Å². The summed E-state index contributed by atoms with van der Waals surface area (Å²) in [7, 11) is 0. The van der Waals surface area contributed by atoms with Gasteiger partial charge in [-0.25, -0.2) is 4.79 Å². The largest absolute Gasteiger partial charge is 0.465 e. The molecule has 4 rings (SSSR count). The molecule has 3 N–H and O–H groups in total. The molecule has 0 saturated heterocycles. The highest BCUT2D eigenvalue weighted by Gasteiger charge is 2.09. The smallest absolute Gasteiger partial charge is 0.409 e. The number of H-pyrrole nitrogens is 1. The van der Waals surface area contributed by atoms with E-state index in [1.54, 1.807) is 18.2 Å². The molecule has 8 nitrogen and oxygen atoms in total. The van der Waals surface area contributed by atoms with E-state index in [1.165, 1.54) is 24.3 Å². The number of non-ortho nitro benzene ring substituents is 1. The molecule has 0 radical (unpaired) electrons. The first-order valence-electron chi connectivity index (χ1n) is 7.97. The lowest BCUT2D eigenvalue weighted by molar-refractivity contribution is -0.384. The van der Waals surface area contributed by atoms with E-state index >= 15 is 0 Å². The van der Waals surface area contributed by atoms with Gasteiger partial charge < -0.3 is 14.8 Å². The van der Waals surface area contributed by atoms with Gasteiger partial charge in [0.25, 0.3) is 5.69 Å². The number of nitrogens with one attached hydrogen (secondary N) is 2. The van der Waals surface area contributed by atoms with Crippen molar-refractivity contribution in [1.29, 1.82) is 0 Å². The number of fused-ring (bicyclic) bond motifs is 3. The molecule has 1 aromatic heterocycles. The summed E-state index contributed by atoms with van der Waals surface area (Å²) < 4.78 is 5.76. The van der Waals surface area contributed by atoms with Crippen LogP contribution in [-0.4, -0.2) is 21.1 Å². The molecule has 4 aromatic rings. The number of aromatic nitrogens is 1. The third-order valence-electron chi connectivity index (χ3n) is 4.10. The van der Waals surface area contributed by atoms with Crippen LogP contribution in [-0.2, 0) is 0 Å². The molecular formula is C19H13N3O5. The standard InChI is InChI=1S/C19H13N3O5/c23-19(24)20-11-1-7-15-16-8-6-14(10-18(16)21-17(15)9-11)27-13-4-2-12(3-5-13)22(25)26/h1-10,20-21H,(H,23,24). The van der Waals surface area contributed by atoms with Crippen molar-refractivity contribution in [2.24, 2.45) is 0 Å². The second-order valence-electron chi connectivity index (χ2n) is 5.88. The van der Waals surface area contributed by atoms with Crippen molar-refractivity contribution in [3.63, 3.8) is 0 Å². The Morgan fingerprint density at radius 1 is 0.963 bits per heavy atom. The molecule has 0 aliphatic carbocycles. The SMILES string of the molecule is O=C(O)Nc1ccc2c(c1)[nH]c1cc(Oc3ccc([N+](=O)[O-])cc3)ccc12. The van der Waals surface area contributed by atoms with E-state index in [0.29, 0.717) is 17.2 Å². The van der Waals surface area contributed by atoms with Crippen LogP contribution in [0.2, 0.25) is 0 Å². The maximum Gasteiger partial charge on any atom is 0.409 e. The lowest BCUT2D eigenvalue weighted by Crippen LogP contribution is -2.06. The summed E-state index contributed by atoms with van der Waals surface area (Å²) in [6, 6.07) is 16.6. The lowest BCUT2D eigenvalue weighted by Gasteiger charge is -2.05. The van der Waals surface area contributed by atoms with Crippen LogP contribution in [0.15, 0.2) is 60.7 Å². The highest BCUT2D eigenvalue weighted by Crippen LogP contribution is 2.32. The minimum atomic E-state index is -1.12. The summed E-state index contributed by atoms with van der Waals surface area (Å²) in [4.78, 5) is 24.3. The van der Waals surface area contributed by atoms with Crippen LogP contribution >= 0.6 is 0 Å². The Morgan fingerprint density at radius 2 is 1.59 bits per heavy atom. The Hall–Kier alpha value is -4.07. The molecule has 0 atom stereocenters. The van der Waals surface area contributed by atoms with Gasteiger partial charge >= 0.3 is 6.09 Å². The maximum atomic E-state index is 10.8. The monoisotopic (exact) mass is 363 g/mol. The fourth-order valence-corrected chi connectivity index (χ4v) is 2.93. The van der Waals surface area contributed by atoms with Crippen molar-refractivity contribution in [1.82, 2.24) is 4.98 Å². The number of nitrogens with zero attached hydrogens (tertiary/aromatic N) is 1. The number of rotatable bonds is 4. The van der Waals surface area contributed by atoms with Gasteiger partial charge in [-0.05, 0) is 36.4 Å². The molecule has 27 heavy (non-hydrogen) atoms. The highest BCUT2D eigenvalue weighted by atomic mass is 16.6. The number of hydrogen-bond donors (Lipinski definition) is 3. The molecule has 0 aliphatic rings. The van der Waals surface area contributed by atoms with E-state index in [4.69, 9.17) is 9.84 Å². The Bertz CT molecular complexity index is 1180. The van der Waals surface area contributed by atoms with Crippen LogP contribution in [0.1, 0.15) is 0 Å². The fraction of sp³-hybridized carbons (Fsp3) is 0. The van der Waals surface area contributed by atoms with Gasteiger partial charge in [0.15, 0.2) is 0 Å². The first-order valence-corrected chi connectivity index (χ1v) is 7.97. The molecule has 3 aromatic carbocycles. The second-order valence-corrected chi connectivity index (χ2v) is 5.88. The van der Waals surface area contributed by atoms with E-state index in [9.17, 15) is 14.9 Å². The van der Waals surface area contributed by atoms with E-state index < -0.39 is 11.0 Å². The number of aromatic amines is 1. The highest BCUT2D eigenvalue weighted by molar-refractivity contribution is 6.08. The third kappa shape index (κ3) is 3.23. The van der Waals surface area contributed by atoms with Crippen molar-refractivity contribution in [2.45, 2.75) is 0 Å². The number of nitro benzene ring substituents is 1. The average molecular weight is 363 g/mol. The zero-order valence-electron chi connectivity index (χ0n) is 13.8. The molecule has 1 amide bonds. The van der Waals surface area contributed by atoms with Crippen LogP contribution in [0.4, 0.5) is 16.2 Å². The third-order valence-corrected chi connectivity index (χ3v) is 4.10. The number of nitro groups is 1. The van der Waals surface area contributed by atoms with E-state index in [0.717, 1.165) is 21.8 Å². The van der Waals surface area contributed by atoms with Gasteiger partial charge in [0, 0.05) is 40.2 Å². The van der Waals surface area contributed by atoms with Crippen LogP contribution in [0, 0.1) is 10.1 Å². The first-order chi connectivity index (χ1) is 13.0. The van der Waals surface area contributed by atoms with Gasteiger partial charge in [-0.2, -0.15) is 0 Å². The van der Waals surface area contributed by atoms with Gasteiger partial charge in [0.2, 0.25) is 0 Å². The Morgan fingerprint density at radius 3 is 2.26 bits per heavy atom. The molecule has 8 heteroatoms. The molecule has 0 fully saturated rings. The zero-order valence-corrected chi connectivity index (χ0v) is 13.8. The molecule has 0 saturated carbocycles. The summed E-state index contributed by atoms with van der Waals surface area (Å²) in [5.74, 6) is 1.07. The summed E-state index contributed by atoms with van der Waals surface area (Å²) in [6.07, 6.45) is -1.12. The van der Waals surface area contributed by atoms with Crippen molar-refractivity contribution >= 4 is 39.3 Å². The molecule has 0 unspecified atom stereocenters. The van der Waals surface area contributed by atoms with Gasteiger partial charge in [-0.3, -0.25) is 15.4 Å². The molecule has 134 valence electrons. The number of carbonyl (C=O) groups is 1. The van der Waals surface area contributed by atoms with Crippen LogP contribution in [0.3, 0.4) is 0 Å². The molecule has 0 aliphatic heterocycles. The number of anilines is 1. The van der Waals surface area contributed by atoms with Crippen LogP contribution in [0.25, 0.3) is 21.8 Å². The minimum absolute atomic E-state index is 0.000746. The lowest BCUT2D eigenvalue weighted by atomic mass is 10.1. The number of hydrogen-bond acceptors (Lipinski definition) is 4. The zero-order chi connectivity index (χ0) is 19.0. The topological polar surface area (TPSA) is 117 Å². The van der Waals surface area contributed by atoms with Gasteiger partial charge in [-0.1, -0.05) is 6.07 Å². The predicted octanol–water partition coefficient (Wildman–Crippen LogP) is 5.11. The van der Waals surface area contributed by atoms with Crippen molar-refractivity contribution < 1.29 is 19.6 Å². The quantitative estimate of drug-likeness (QED) is 0.344. The Labute approximate surface area is 152 Å². The average Bonchev–Trinajstić information content (AvgIpc) is 2.98. The van der Waals surface area contributed by atoms with E-state index in [1.807, 2.05) is 18.2 Å². The predicted molar refractivity (Wildman–Crippen MR) is 101 cm³/mol. The minimum Gasteiger partial charge on any atom is -0.465 e. The van der Waals surface area contributed by atoms with Crippen LogP contribution in [0.5, 0.6) is 11.5 Å². The maximum absolute atomic E-state index is 10.8.